The number of halogens is 6. The van der Waals surface area contributed by atoms with Gasteiger partial charge >= 0.3 is 12.4 Å². The standard InChI is InChI=1S/C22H16F6N4O/c23-21(24,25)12-4-1-6-14(10-12)29-19-18-16(8-3-9-17(18)33)31-20(32-19)30-15-7-2-5-13(11-15)22(26,27)28/h1-2,4-7,10-11H,3,8-9H2,(H2,29,30,31,32). The average Bonchev–Trinajstić information content (AvgIpc) is 2.73. The number of nitrogens with zero attached hydrogens (tertiary/aromatic N) is 2. The molecule has 0 saturated heterocycles. The minimum absolute atomic E-state index is 0.0153. The van der Waals surface area contributed by atoms with Crippen LogP contribution in [0.1, 0.15) is 40.0 Å². The van der Waals surface area contributed by atoms with Gasteiger partial charge in [0.2, 0.25) is 5.95 Å². The third-order valence-corrected chi connectivity index (χ3v) is 4.98. The summed E-state index contributed by atoms with van der Waals surface area (Å²) in [4.78, 5) is 21.0. The Labute approximate surface area is 183 Å². The van der Waals surface area contributed by atoms with Crippen LogP contribution >= 0.6 is 0 Å². The van der Waals surface area contributed by atoms with Crippen molar-refractivity contribution in [3.63, 3.8) is 0 Å². The van der Waals surface area contributed by atoms with Gasteiger partial charge in [0.1, 0.15) is 5.82 Å². The number of benzene rings is 2. The van der Waals surface area contributed by atoms with Crippen molar-refractivity contribution in [2.45, 2.75) is 31.6 Å². The van der Waals surface area contributed by atoms with Crippen molar-refractivity contribution in [1.82, 2.24) is 9.97 Å². The number of aryl methyl sites for hydroxylation is 1. The fourth-order valence-corrected chi connectivity index (χ4v) is 3.48. The van der Waals surface area contributed by atoms with E-state index in [0.717, 1.165) is 24.3 Å². The van der Waals surface area contributed by atoms with Crippen molar-refractivity contribution < 1.29 is 31.1 Å². The lowest BCUT2D eigenvalue weighted by Gasteiger charge is -2.20. The lowest BCUT2D eigenvalue weighted by atomic mass is 9.95. The van der Waals surface area contributed by atoms with Crippen molar-refractivity contribution in [3.8, 4) is 0 Å². The van der Waals surface area contributed by atoms with Gasteiger partial charge in [-0.05, 0) is 49.2 Å². The van der Waals surface area contributed by atoms with Gasteiger partial charge in [0, 0.05) is 17.8 Å². The highest BCUT2D eigenvalue weighted by Gasteiger charge is 2.32. The molecular weight excluding hydrogens is 450 g/mol. The second kappa shape index (κ2) is 8.38. The Bertz CT molecular complexity index is 1210. The minimum Gasteiger partial charge on any atom is -0.339 e. The van der Waals surface area contributed by atoms with Gasteiger partial charge in [0.05, 0.1) is 22.4 Å². The highest BCUT2D eigenvalue weighted by Crippen LogP contribution is 2.34. The maximum atomic E-state index is 13.1. The SMILES string of the molecule is O=C1CCCc2nc(Nc3cccc(C(F)(F)F)c3)nc(Nc3cccc(C(F)(F)F)c3)c21. The summed E-state index contributed by atoms with van der Waals surface area (Å²) in [5.74, 6) is -0.368. The number of nitrogens with one attached hydrogen (secondary N) is 2. The highest BCUT2D eigenvalue weighted by atomic mass is 19.4. The fraction of sp³-hybridized carbons (Fsp3) is 0.227. The molecule has 5 nitrogen and oxygen atoms in total. The molecule has 0 saturated carbocycles. The summed E-state index contributed by atoms with van der Waals surface area (Å²) in [6.07, 6.45) is -7.94. The lowest BCUT2D eigenvalue weighted by Crippen LogP contribution is -2.18. The van der Waals surface area contributed by atoms with Gasteiger partial charge in [-0.15, -0.1) is 0 Å². The van der Waals surface area contributed by atoms with Crippen LogP contribution in [-0.2, 0) is 18.8 Å². The summed E-state index contributed by atoms with van der Waals surface area (Å²) in [7, 11) is 0. The maximum absolute atomic E-state index is 13.1. The zero-order chi connectivity index (χ0) is 23.8. The molecule has 1 heterocycles. The van der Waals surface area contributed by atoms with Crippen LogP contribution in [-0.4, -0.2) is 15.8 Å². The van der Waals surface area contributed by atoms with Gasteiger partial charge in [0.25, 0.3) is 0 Å². The number of rotatable bonds is 4. The Kier molecular flexibility index (Phi) is 5.73. The zero-order valence-electron chi connectivity index (χ0n) is 16.8. The van der Waals surface area contributed by atoms with Crippen LogP contribution in [0.15, 0.2) is 48.5 Å². The van der Waals surface area contributed by atoms with E-state index < -0.39 is 23.5 Å². The quantitative estimate of drug-likeness (QED) is 0.429. The van der Waals surface area contributed by atoms with Crippen molar-refractivity contribution in [2.24, 2.45) is 0 Å². The fourth-order valence-electron chi connectivity index (χ4n) is 3.48. The number of carbonyl (C=O) groups is 1. The molecule has 11 heteroatoms. The van der Waals surface area contributed by atoms with Gasteiger partial charge in [-0.1, -0.05) is 12.1 Å². The monoisotopic (exact) mass is 466 g/mol. The van der Waals surface area contributed by atoms with Crippen LogP contribution < -0.4 is 10.6 Å². The molecule has 1 aromatic heterocycles. The van der Waals surface area contributed by atoms with E-state index >= 15 is 0 Å². The number of aromatic nitrogens is 2. The number of hydrogen-bond donors (Lipinski definition) is 2. The smallest absolute Gasteiger partial charge is 0.339 e. The molecule has 172 valence electrons. The van der Waals surface area contributed by atoms with E-state index in [-0.39, 0.29) is 40.9 Å². The lowest BCUT2D eigenvalue weighted by molar-refractivity contribution is -0.138. The summed E-state index contributed by atoms with van der Waals surface area (Å²) in [6.45, 7) is 0. The van der Waals surface area contributed by atoms with Gasteiger partial charge in [-0.25, -0.2) is 4.98 Å². The van der Waals surface area contributed by atoms with Gasteiger partial charge in [-0.3, -0.25) is 4.79 Å². The third kappa shape index (κ3) is 5.07. The van der Waals surface area contributed by atoms with Gasteiger partial charge < -0.3 is 10.6 Å². The molecule has 0 radical (unpaired) electrons. The molecule has 3 aromatic rings. The zero-order valence-corrected chi connectivity index (χ0v) is 16.8. The molecule has 0 fully saturated rings. The van der Waals surface area contributed by atoms with Crippen LogP contribution in [0, 0.1) is 0 Å². The number of alkyl halides is 6. The Balaban J connectivity index is 1.72. The van der Waals surface area contributed by atoms with Gasteiger partial charge in [0.15, 0.2) is 5.78 Å². The van der Waals surface area contributed by atoms with Crippen LogP contribution in [0.4, 0.5) is 49.5 Å². The second-order valence-corrected chi connectivity index (χ2v) is 7.40. The summed E-state index contributed by atoms with van der Waals surface area (Å²) < 4.78 is 78.2. The van der Waals surface area contributed by atoms with Crippen molar-refractivity contribution >= 4 is 28.9 Å². The predicted molar refractivity (Wildman–Crippen MR) is 109 cm³/mol. The summed E-state index contributed by atoms with van der Waals surface area (Å²) in [5, 5.41) is 5.43. The summed E-state index contributed by atoms with van der Waals surface area (Å²) in [5.41, 5.74) is -1.11. The largest absolute Gasteiger partial charge is 0.416 e. The Morgan fingerprint density at radius 1 is 0.758 bits per heavy atom. The molecular formula is C22H16F6N4O. The maximum Gasteiger partial charge on any atom is 0.416 e. The number of hydrogen-bond acceptors (Lipinski definition) is 5. The van der Waals surface area contributed by atoms with E-state index in [1.165, 1.54) is 24.3 Å². The minimum atomic E-state index is -4.56. The molecule has 0 spiro atoms. The Morgan fingerprint density at radius 3 is 1.91 bits per heavy atom. The molecule has 2 aromatic carbocycles. The topological polar surface area (TPSA) is 66.9 Å². The van der Waals surface area contributed by atoms with Crippen LogP contribution in [0.25, 0.3) is 0 Å². The molecule has 0 amide bonds. The number of anilines is 4. The first-order valence-electron chi connectivity index (χ1n) is 9.83. The normalized spacial score (nSPS) is 14.1. The first-order valence-corrected chi connectivity index (χ1v) is 9.83. The molecule has 0 aliphatic heterocycles. The molecule has 2 N–H and O–H groups in total. The van der Waals surface area contributed by atoms with E-state index in [0.29, 0.717) is 18.5 Å². The second-order valence-electron chi connectivity index (χ2n) is 7.40. The van der Waals surface area contributed by atoms with E-state index in [2.05, 4.69) is 20.6 Å². The predicted octanol–water partition coefficient (Wildman–Crippen LogP) is 6.52. The molecule has 4 rings (SSSR count). The van der Waals surface area contributed by atoms with Crippen LogP contribution in [0.2, 0.25) is 0 Å². The summed E-state index contributed by atoms with van der Waals surface area (Å²) >= 11 is 0. The van der Waals surface area contributed by atoms with E-state index in [9.17, 15) is 31.1 Å². The number of carbonyl (C=O) groups excluding carboxylic acids is 1. The van der Waals surface area contributed by atoms with E-state index in [1.54, 1.807) is 0 Å². The Hall–Kier alpha value is -3.63. The molecule has 0 atom stereocenters. The van der Waals surface area contributed by atoms with Crippen molar-refractivity contribution in [3.05, 3.63) is 70.9 Å². The first-order chi connectivity index (χ1) is 15.5. The molecule has 1 aliphatic carbocycles. The molecule has 1 aliphatic rings. The third-order valence-electron chi connectivity index (χ3n) is 4.98. The molecule has 33 heavy (non-hydrogen) atoms. The van der Waals surface area contributed by atoms with Crippen molar-refractivity contribution in [1.29, 1.82) is 0 Å². The van der Waals surface area contributed by atoms with E-state index in [1.807, 2.05) is 0 Å². The molecule has 0 unspecified atom stereocenters. The van der Waals surface area contributed by atoms with E-state index in [4.69, 9.17) is 0 Å². The highest BCUT2D eigenvalue weighted by molar-refractivity contribution is 6.03. The van der Waals surface area contributed by atoms with Crippen LogP contribution in [0.5, 0.6) is 0 Å². The number of ketones is 1. The first kappa shape index (κ1) is 22.6. The summed E-state index contributed by atoms with van der Waals surface area (Å²) in [6, 6.07) is 8.79. The number of fused-ring (bicyclic) bond motifs is 1. The number of Topliss-reactive ketones (excluding diaryl/α,β-unsaturated/α-hetero) is 1. The average molecular weight is 466 g/mol. The van der Waals surface area contributed by atoms with Gasteiger partial charge in [-0.2, -0.15) is 31.3 Å². The Morgan fingerprint density at radius 2 is 1.33 bits per heavy atom. The van der Waals surface area contributed by atoms with Crippen molar-refractivity contribution in [2.75, 3.05) is 10.6 Å². The molecule has 0 bridgehead atoms. The van der Waals surface area contributed by atoms with Crippen LogP contribution in [0.3, 0.4) is 0 Å².